The number of carbonyl (C=O) groups excluding carboxylic acids is 2. The van der Waals surface area contributed by atoms with Gasteiger partial charge in [0.1, 0.15) is 12.6 Å². The molecule has 8 heteroatoms. The average molecular weight is 550 g/mol. The first-order valence-corrected chi connectivity index (χ1v) is 14.8. The summed E-state index contributed by atoms with van der Waals surface area (Å²) in [7, 11) is -4.07. The van der Waals surface area contributed by atoms with E-state index in [1.165, 1.54) is 17.0 Å². The molecule has 3 rings (SSSR count). The fourth-order valence-electron chi connectivity index (χ4n) is 4.45. The van der Waals surface area contributed by atoms with Crippen molar-refractivity contribution in [3.05, 3.63) is 95.6 Å². The quantitative estimate of drug-likeness (QED) is 0.341. The van der Waals surface area contributed by atoms with Gasteiger partial charge in [-0.2, -0.15) is 0 Å². The molecule has 1 N–H and O–H groups in total. The van der Waals surface area contributed by atoms with E-state index >= 15 is 0 Å². The maximum atomic E-state index is 14.0. The summed E-state index contributed by atoms with van der Waals surface area (Å²) in [6, 6.07) is 22.1. The van der Waals surface area contributed by atoms with Crippen LogP contribution in [-0.2, 0) is 32.6 Å². The highest BCUT2D eigenvalue weighted by Crippen LogP contribution is 2.25. The number of nitrogens with one attached hydrogen (secondary N) is 1. The van der Waals surface area contributed by atoms with Crippen molar-refractivity contribution in [1.82, 2.24) is 10.2 Å². The van der Waals surface area contributed by atoms with E-state index in [2.05, 4.69) is 5.32 Å². The summed E-state index contributed by atoms with van der Waals surface area (Å²) in [5.41, 5.74) is 3.34. The van der Waals surface area contributed by atoms with Gasteiger partial charge in [0.05, 0.1) is 10.6 Å². The second-order valence-electron chi connectivity index (χ2n) is 9.94. The maximum absolute atomic E-state index is 14.0. The van der Waals surface area contributed by atoms with Gasteiger partial charge in [0.25, 0.3) is 10.0 Å². The van der Waals surface area contributed by atoms with Gasteiger partial charge in [0, 0.05) is 12.6 Å². The number of carbonyl (C=O) groups is 2. The van der Waals surface area contributed by atoms with Crippen molar-refractivity contribution in [2.24, 2.45) is 0 Å². The van der Waals surface area contributed by atoms with Crippen LogP contribution in [0.15, 0.2) is 83.8 Å². The van der Waals surface area contributed by atoms with Crippen LogP contribution in [0.25, 0.3) is 0 Å². The molecule has 2 amide bonds. The minimum absolute atomic E-state index is 0.0900. The first kappa shape index (κ1) is 29.9. The van der Waals surface area contributed by atoms with E-state index in [0.29, 0.717) is 12.1 Å². The fourth-order valence-corrected chi connectivity index (χ4v) is 5.89. The zero-order valence-corrected chi connectivity index (χ0v) is 24.2. The van der Waals surface area contributed by atoms with Gasteiger partial charge in [-0.15, -0.1) is 0 Å². The van der Waals surface area contributed by atoms with E-state index in [0.717, 1.165) is 27.4 Å². The lowest BCUT2D eigenvalue weighted by molar-refractivity contribution is -0.140. The number of amides is 2. The van der Waals surface area contributed by atoms with Crippen molar-refractivity contribution in [1.29, 1.82) is 0 Å². The van der Waals surface area contributed by atoms with E-state index in [9.17, 15) is 18.0 Å². The minimum atomic E-state index is -4.07. The minimum Gasteiger partial charge on any atom is -0.352 e. The van der Waals surface area contributed by atoms with Crippen molar-refractivity contribution in [3.63, 3.8) is 0 Å². The highest BCUT2D eigenvalue weighted by molar-refractivity contribution is 7.92. The summed E-state index contributed by atoms with van der Waals surface area (Å²) in [4.78, 5) is 28.8. The van der Waals surface area contributed by atoms with Crippen LogP contribution in [0.4, 0.5) is 5.69 Å². The highest BCUT2D eigenvalue weighted by atomic mass is 32.2. The second-order valence-corrected chi connectivity index (χ2v) is 11.8. The van der Waals surface area contributed by atoms with Crippen LogP contribution in [0.1, 0.15) is 50.8 Å². The maximum Gasteiger partial charge on any atom is 0.264 e. The number of anilines is 1. The number of benzene rings is 3. The Balaban J connectivity index is 2.05. The number of nitrogens with zero attached hydrogens (tertiary/aromatic N) is 2. The van der Waals surface area contributed by atoms with Crippen LogP contribution < -0.4 is 9.62 Å². The molecular weight excluding hydrogens is 510 g/mol. The second kappa shape index (κ2) is 13.4. The zero-order valence-electron chi connectivity index (χ0n) is 23.4. The van der Waals surface area contributed by atoms with Crippen molar-refractivity contribution >= 4 is 27.5 Å². The van der Waals surface area contributed by atoms with Crippen LogP contribution in [0.5, 0.6) is 0 Å². The summed E-state index contributed by atoms with van der Waals surface area (Å²) in [6.45, 7) is 9.30. The third-order valence-corrected chi connectivity index (χ3v) is 8.28. The smallest absolute Gasteiger partial charge is 0.264 e. The van der Waals surface area contributed by atoms with Crippen molar-refractivity contribution < 1.29 is 18.0 Å². The van der Waals surface area contributed by atoms with Crippen molar-refractivity contribution in [2.45, 2.75) is 71.0 Å². The Kier molecular flexibility index (Phi) is 10.3. The van der Waals surface area contributed by atoms with Crippen molar-refractivity contribution in [2.75, 3.05) is 10.8 Å². The number of hydrogen-bond donors (Lipinski definition) is 1. The molecule has 0 aliphatic rings. The van der Waals surface area contributed by atoms with Gasteiger partial charge in [-0.1, -0.05) is 74.0 Å². The third-order valence-electron chi connectivity index (χ3n) is 6.49. The number of sulfonamides is 1. The molecular formula is C31H39N3O4S. The van der Waals surface area contributed by atoms with E-state index in [1.807, 2.05) is 71.0 Å². The number of aryl methyl sites for hydroxylation is 2. The third kappa shape index (κ3) is 7.69. The van der Waals surface area contributed by atoms with E-state index in [1.54, 1.807) is 30.3 Å². The van der Waals surface area contributed by atoms with Gasteiger partial charge in [-0.05, 0) is 69.0 Å². The van der Waals surface area contributed by atoms with Crippen LogP contribution in [0.2, 0.25) is 0 Å². The summed E-state index contributed by atoms with van der Waals surface area (Å²) >= 11 is 0. The first-order valence-electron chi connectivity index (χ1n) is 13.4. The molecule has 0 unspecified atom stereocenters. The molecule has 0 radical (unpaired) electrons. The molecule has 3 aromatic carbocycles. The normalized spacial score (nSPS) is 12.2. The average Bonchev–Trinajstić information content (AvgIpc) is 2.91. The SMILES string of the molecule is CCc1ccc(N(CC(=O)N(Cc2cccc(C)c2)[C@@H](CC)C(=O)NC(C)C)S(=O)(=O)c2ccccc2)cc1. The van der Waals surface area contributed by atoms with Gasteiger partial charge in [0.2, 0.25) is 11.8 Å². The van der Waals surface area contributed by atoms with Gasteiger partial charge in [-0.25, -0.2) is 8.42 Å². The molecule has 0 aromatic heterocycles. The molecule has 0 spiro atoms. The first-order chi connectivity index (χ1) is 18.6. The molecule has 39 heavy (non-hydrogen) atoms. The van der Waals surface area contributed by atoms with Crippen molar-refractivity contribution in [3.8, 4) is 0 Å². The summed E-state index contributed by atoms with van der Waals surface area (Å²) in [5, 5.41) is 2.92. The Morgan fingerprint density at radius 3 is 2.10 bits per heavy atom. The van der Waals surface area contributed by atoms with Gasteiger partial charge >= 0.3 is 0 Å². The standard InChI is InChI=1S/C31H39N3O4S/c1-6-25-16-18-27(19-17-25)34(39(37,38)28-14-9-8-10-15-28)22-30(35)33(21-26-13-11-12-24(5)20-26)29(7-2)31(36)32-23(3)4/h8-20,23,29H,6-7,21-22H2,1-5H3,(H,32,36)/t29-/m0/s1. The molecule has 7 nitrogen and oxygen atoms in total. The lowest BCUT2D eigenvalue weighted by Crippen LogP contribution is -2.53. The summed E-state index contributed by atoms with van der Waals surface area (Å²) in [5.74, 6) is -0.723. The molecule has 0 bridgehead atoms. The van der Waals surface area contributed by atoms with Crippen LogP contribution >= 0.6 is 0 Å². The Hall–Kier alpha value is -3.65. The predicted octanol–water partition coefficient (Wildman–Crippen LogP) is 5.08. The van der Waals surface area contributed by atoms with Gasteiger partial charge in [-0.3, -0.25) is 13.9 Å². The fraction of sp³-hybridized carbons (Fsp3) is 0.355. The molecule has 208 valence electrons. The molecule has 3 aromatic rings. The number of rotatable bonds is 12. The molecule has 0 heterocycles. The summed E-state index contributed by atoms with van der Waals surface area (Å²) < 4.78 is 28.8. The Labute approximate surface area is 232 Å². The van der Waals surface area contributed by atoms with E-state index in [4.69, 9.17) is 0 Å². The molecule has 1 atom stereocenters. The molecule has 0 aliphatic carbocycles. The van der Waals surface area contributed by atoms with Gasteiger partial charge in [0.15, 0.2) is 0 Å². The van der Waals surface area contributed by atoms with Crippen LogP contribution in [-0.4, -0.2) is 43.8 Å². The highest BCUT2D eigenvalue weighted by Gasteiger charge is 2.33. The Morgan fingerprint density at radius 1 is 0.872 bits per heavy atom. The topological polar surface area (TPSA) is 86.8 Å². The predicted molar refractivity (Wildman–Crippen MR) is 156 cm³/mol. The lowest BCUT2D eigenvalue weighted by Gasteiger charge is -2.33. The Bertz CT molecular complexity index is 1360. The monoisotopic (exact) mass is 549 g/mol. The van der Waals surface area contributed by atoms with Gasteiger partial charge < -0.3 is 10.2 Å². The molecule has 0 saturated heterocycles. The largest absolute Gasteiger partial charge is 0.352 e. The molecule has 0 aliphatic heterocycles. The van der Waals surface area contributed by atoms with Crippen LogP contribution in [0, 0.1) is 6.92 Å². The summed E-state index contributed by atoms with van der Waals surface area (Å²) in [6.07, 6.45) is 1.19. The molecule has 0 fully saturated rings. The van der Waals surface area contributed by atoms with Crippen LogP contribution in [0.3, 0.4) is 0 Å². The number of hydrogen-bond acceptors (Lipinski definition) is 4. The molecule has 0 saturated carbocycles. The van der Waals surface area contributed by atoms with E-state index < -0.39 is 28.5 Å². The zero-order chi connectivity index (χ0) is 28.6. The Morgan fingerprint density at radius 2 is 1.54 bits per heavy atom. The lowest BCUT2D eigenvalue weighted by atomic mass is 10.1. The van der Waals surface area contributed by atoms with E-state index in [-0.39, 0.29) is 23.4 Å².